The van der Waals surface area contributed by atoms with Gasteiger partial charge in [0.2, 0.25) is 0 Å². The zero-order chi connectivity index (χ0) is 14.3. The van der Waals surface area contributed by atoms with Gasteiger partial charge in [0.15, 0.2) is 0 Å². The van der Waals surface area contributed by atoms with Crippen LogP contribution in [0.2, 0.25) is 0 Å². The molecule has 1 unspecified atom stereocenters. The third kappa shape index (κ3) is 4.56. The lowest BCUT2D eigenvalue weighted by atomic mass is 9.98. The molecule has 0 aromatic heterocycles. The number of hydrogen-bond acceptors (Lipinski definition) is 3. The molecule has 2 N–H and O–H groups in total. The van der Waals surface area contributed by atoms with Crippen molar-refractivity contribution in [1.29, 1.82) is 0 Å². The molecule has 0 aliphatic heterocycles. The van der Waals surface area contributed by atoms with Crippen LogP contribution in [0.1, 0.15) is 32.8 Å². The summed E-state index contributed by atoms with van der Waals surface area (Å²) in [7, 11) is 0. The molecule has 1 atom stereocenters. The molecule has 0 radical (unpaired) electrons. The summed E-state index contributed by atoms with van der Waals surface area (Å²) in [5.74, 6) is -0.0688. The number of carbonyl (C=O) groups is 1. The van der Waals surface area contributed by atoms with E-state index in [1.54, 1.807) is 6.92 Å². The molecule has 0 spiro atoms. The van der Waals surface area contributed by atoms with E-state index in [0.29, 0.717) is 19.6 Å². The molecular formula is C15H23NO3. The van der Waals surface area contributed by atoms with Crippen molar-refractivity contribution in [3.8, 4) is 5.75 Å². The number of nitrogens with one attached hydrogen (secondary N) is 1. The molecule has 4 nitrogen and oxygen atoms in total. The van der Waals surface area contributed by atoms with Crippen molar-refractivity contribution in [2.75, 3.05) is 13.2 Å². The Bertz CT molecular complexity index is 402. The zero-order valence-corrected chi connectivity index (χ0v) is 11.9. The van der Waals surface area contributed by atoms with Gasteiger partial charge in [0.1, 0.15) is 11.3 Å². The van der Waals surface area contributed by atoms with Gasteiger partial charge in [0, 0.05) is 6.42 Å². The highest BCUT2D eigenvalue weighted by Gasteiger charge is 2.31. The average Bonchev–Trinajstić information content (AvgIpc) is 2.39. The SMILES string of the molecule is CCNC(C)(CCOc1ccc(CC)cc1)C(=O)O. The Balaban J connectivity index is 2.49. The van der Waals surface area contributed by atoms with Crippen molar-refractivity contribution in [1.82, 2.24) is 5.32 Å². The van der Waals surface area contributed by atoms with Gasteiger partial charge in [-0.1, -0.05) is 26.0 Å². The van der Waals surface area contributed by atoms with Crippen LogP contribution in [0.25, 0.3) is 0 Å². The Hall–Kier alpha value is -1.55. The molecule has 0 fully saturated rings. The molecule has 0 aliphatic rings. The largest absolute Gasteiger partial charge is 0.494 e. The lowest BCUT2D eigenvalue weighted by Crippen LogP contribution is -2.50. The van der Waals surface area contributed by atoms with E-state index in [9.17, 15) is 9.90 Å². The number of hydrogen-bond donors (Lipinski definition) is 2. The third-order valence-electron chi connectivity index (χ3n) is 3.24. The summed E-state index contributed by atoms with van der Waals surface area (Å²) >= 11 is 0. The van der Waals surface area contributed by atoms with Crippen LogP contribution in [0, 0.1) is 0 Å². The predicted molar refractivity (Wildman–Crippen MR) is 75.6 cm³/mol. The number of aryl methyl sites for hydroxylation is 1. The van der Waals surface area contributed by atoms with Gasteiger partial charge >= 0.3 is 5.97 Å². The number of likely N-dealkylation sites (N-methyl/N-ethyl adjacent to an activating group) is 1. The van der Waals surface area contributed by atoms with E-state index in [2.05, 4.69) is 12.2 Å². The summed E-state index contributed by atoms with van der Waals surface area (Å²) in [6, 6.07) is 7.89. The summed E-state index contributed by atoms with van der Waals surface area (Å²) in [5.41, 5.74) is 0.327. The third-order valence-corrected chi connectivity index (χ3v) is 3.24. The Morgan fingerprint density at radius 1 is 1.32 bits per heavy atom. The highest BCUT2D eigenvalue weighted by Crippen LogP contribution is 2.15. The van der Waals surface area contributed by atoms with Gasteiger partial charge in [-0.2, -0.15) is 0 Å². The Labute approximate surface area is 114 Å². The van der Waals surface area contributed by atoms with Crippen molar-refractivity contribution >= 4 is 5.97 Å². The lowest BCUT2D eigenvalue weighted by Gasteiger charge is -2.25. The average molecular weight is 265 g/mol. The smallest absolute Gasteiger partial charge is 0.323 e. The molecule has 1 aromatic carbocycles. The van der Waals surface area contributed by atoms with E-state index >= 15 is 0 Å². The van der Waals surface area contributed by atoms with Crippen molar-refractivity contribution in [3.63, 3.8) is 0 Å². The number of benzene rings is 1. The lowest BCUT2D eigenvalue weighted by molar-refractivity contribution is -0.144. The van der Waals surface area contributed by atoms with Gasteiger partial charge in [-0.15, -0.1) is 0 Å². The Morgan fingerprint density at radius 3 is 2.42 bits per heavy atom. The first kappa shape index (κ1) is 15.5. The van der Waals surface area contributed by atoms with Crippen molar-refractivity contribution in [2.45, 2.75) is 39.2 Å². The minimum atomic E-state index is -0.932. The zero-order valence-electron chi connectivity index (χ0n) is 11.9. The molecule has 0 bridgehead atoms. The first-order valence-corrected chi connectivity index (χ1v) is 6.72. The normalized spacial score (nSPS) is 13.8. The number of carboxylic acids is 1. The summed E-state index contributed by atoms with van der Waals surface area (Å²) < 4.78 is 5.59. The Morgan fingerprint density at radius 2 is 1.95 bits per heavy atom. The van der Waals surface area contributed by atoms with E-state index in [1.807, 2.05) is 31.2 Å². The van der Waals surface area contributed by atoms with Crippen molar-refractivity contribution in [2.24, 2.45) is 0 Å². The van der Waals surface area contributed by atoms with Crippen molar-refractivity contribution in [3.05, 3.63) is 29.8 Å². The second-order valence-corrected chi connectivity index (χ2v) is 4.76. The molecule has 0 amide bonds. The molecule has 19 heavy (non-hydrogen) atoms. The summed E-state index contributed by atoms with van der Waals surface area (Å²) in [5, 5.41) is 12.2. The van der Waals surface area contributed by atoms with Crippen LogP contribution in [-0.2, 0) is 11.2 Å². The predicted octanol–water partition coefficient (Wildman–Crippen LogP) is 2.47. The first-order chi connectivity index (χ1) is 9.01. The topological polar surface area (TPSA) is 58.6 Å². The van der Waals surface area contributed by atoms with Crippen LogP contribution < -0.4 is 10.1 Å². The minimum absolute atomic E-state index is 0.376. The molecule has 106 valence electrons. The van der Waals surface area contributed by atoms with E-state index < -0.39 is 11.5 Å². The van der Waals surface area contributed by atoms with Gasteiger partial charge in [-0.05, 0) is 37.6 Å². The summed E-state index contributed by atoms with van der Waals surface area (Å²) in [4.78, 5) is 11.2. The van der Waals surface area contributed by atoms with Gasteiger partial charge in [0.05, 0.1) is 6.61 Å². The molecule has 4 heteroatoms. The van der Waals surface area contributed by atoms with Crippen LogP contribution in [0.3, 0.4) is 0 Å². The van der Waals surface area contributed by atoms with Gasteiger partial charge in [-0.25, -0.2) is 0 Å². The van der Waals surface area contributed by atoms with E-state index in [1.165, 1.54) is 5.56 Å². The highest BCUT2D eigenvalue weighted by molar-refractivity contribution is 5.78. The van der Waals surface area contributed by atoms with Gasteiger partial charge < -0.3 is 15.2 Å². The maximum Gasteiger partial charge on any atom is 0.323 e. The number of carboxylic acid groups (broad SMARTS) is 1. The van der Waals surface area contributed by atoms with Crippen LogP contribution in [0.5, 0.6) is 5.75 Å². The molecule has 0 aliphatic carbocycles. The molecule has 0 saturated carbocycles. The van der Waals surface area contributed by atoms with Crippen molar-refractivity contribution < 1.29 is 14.6 Å². The monoisotopic (exact) mass is 265 g/mol. The fraction of sp³-hybridized carbons (Fsp3) is 0.533. The standard InChI is InChI=1S/C15H23NO3/c1-4-12-6-8-13(9-7-12)19-11-10-15(3,14(17)18)16-5-2/h6-9,16H,4-5,10-11H2,1-3H3,(H,17,18). The second-order valence-electron chi connectivity index (χ2n) is 4.76. The molecule has 0 saturated heterocycles. The minimum Gasteiger partial charge on any atom is -0.494 e. The molecule has 1 rings (SSSR count). The first-order valence-electron chi connectivity index (χ1n) is 6.72. The number of rotatable bonds is 8. The van der Waals surface area contributed by atoms with E-state index in [0.717, 1.165) is 12.2 Å². The fourth-order valence-electron chi connectivity index (χ4n) is 1.86. The number of ether oxygens (including phenoxy) is 1. The Kier molecular flexibility index (Phi) is 5.83. The molecule has 0 heterocycles. The quantitative estimate of drug-likeness (QED) is 0.758. The fourth-order valence-corrected chi connectivity index (χ4v) is 1.86. The van der Waals surface area contributed by atoms with E-state index in [-0.39, 0.29) is 0 Å². The number of aliphatic carboxylic acids is 1. The van der Waals surface area contributed by atoms with Crippen LogP contribution in [0.15, 0.2) is 24.3 Å². The maximum atomic E-state index is 11.2. The van der Waals surface area contributed by atoms with Crippen LogP contribution in [-0.4, -0.2) is 29.8 Å². The van der Waals surface area contributed by atoms with Gasteiger partial charge in [0.25, 0.3) is 0 Å². The summed E-state index contributed by atoms with van der Waals surface area (Å²) in [6.45, 7) is 6.67. The second kappa shape index (κ2) is 7.14. The highest BCUT2D eigenvalue weighted by atomic mass is 16.5. The maximum absolute atomic E-state index is 11.2. The van der Waals surface area contributed by atoms with Crippen LogP contribution >= 0.6 is 0 Å². The van der Waals surface area contributed by atoms with Crippen LogP contribution in [0.4, 0.5) is 0 Å². The summed E-state index contributed by atoms with van der Waals surface area (Å²) in [6.07, 6.45) is 1.42. The molecule has 1 aromatic rings. The van der Waals surface area contributed by atoms with E-state index in [4.69, 9.17) is 4.74 Å². The molecular weight excluding hydrogens is 242 g/mol. The van der Waals surface area contributed by atoms with Gasteiger partial charge in [-0.3, -0.25) is 4.79 Å².